The summed E-state index contributed by atoms with van der Waals surface area (Å²) in [6.07, 6.45) is 3.18. The lowest BCUT2D eigenvalue weighted by Gasteiger charge is -2.39. The summed E-state index contributed by atoms with van der Waals surface area (Å²) in [7, 11) is 0. The molecule has 5 heteroatoms. The lowest BCUT2D eigenvalue weighted by atomic mass is 9.73. The van der Waals surface area contributed by atoms with Gasteiger partial charge in [0, 0.05) is 25.7 Å². The number of ether oxygens (including phenoxy) is 1. The number of fused-ring (bicyclic) bond motifs is 2. The van der Waals surface area contributed by atoms with Crippen LogP contribution in [-0.4, -0.2) is 40.5 Å². The Morgan fingerprint density at radius 3 is 2.64 bits per heavy atom. The summed E-state index contributed by atoms with van der Waals surface area (Å²) in [5.41, 5.74) is 1.02. The molecule has 0 unspecified atom stereocenters. The Morgan fingerprint density at radius 2 is 2.00 bits per heavy atom. The van der Waals surface area contributed by atoms with Crippen LogP contribution in [0.4, 0.5) is 4.79 Å². The van der Waals surface area contributed by atoms with Crippen LogP contribution in [0.1, 0.15) is 44.9 Å². The van der Waals surface area contributed by atoms with Crippen LogP contribution in [0, 0.1) is 0 Å². The van der Waals surface area contributed by atoms with Crippen molar-refractivity contribution in [2.75, 3.05) is 13.1 Å². The van der Waals surface area contributed by atoms with E-state index >= 15 is 0 Å². The van der Waals surface area contributed by atoms with Crippen molar-refractivity contribution in [3.05, 3.63) is 29.6 Å². The number of likely N-dealkylation sites (tertiary alicyclic amines) is 1. The minimum Gasteiger partial charge on any atom is -0.444 e. The molecular weight excluding hydrogens is 280 g/mol. The molecule has 0 saturated carbocycles. The first-order valence-electron chi connectivity index (χ1n) is 7.77. The number of carbonyl (C=O) groups excluding carboxylic acids is 2. The number of Topliss-reactive ketones (excluding diaryl/α,β-unsaturated/α-hetero) is 1. The summed E-state index contributed by atoms with van der Waals surface area (Å²) in [4.78, 5) is 30.7. The number of nitrogens with zero attached hydrogens (tertiary/aromatic N) is 2. The van der Waals surface area contributed by atoms with Crippen molar-refractivity contribution in [3.63, 3.8) is 0 Å². The molecule has 1 aromatic heterocycles. The Labute approximate surface area is 130 Å². The molecule has 1 aliphatic carbocycles. The smallest absolute Gasteiger partial charge is 0.410 e. The highest BCUT2D eigenvalue weighted by Crippen LogP contribution is 2.43. The number of carbonyl (C=O) groups is 2. The molecule has 1 aliphatic heterocycles. The maximum atomic E-state index is 12.5. The molecule has 1 spiro atoms. The van der Waals surface area contributed by atoms with Gasteiger partial charge in [0.05, 0.1) is 11.1 Å². The molecule has 3 rings (SSSR count). The van der Waals surface area contributed by atoms with Crippen LogP contribution in [0.15, 0.2) is 18.3 Å². The van der Waals surface area contributed by atoms with E-state index in [-0.39, 0.29) is 11.9 Å². The zero-order valence-electron chi connectivity index (χ0n) is 13.4. The molecule has 2 aliphatic rings. The third kappa shape index (κ3) is 2.49. The Morgan fingerprint density at radius 1 is 1.32 bits per heavy atom. The second-order valence-electron chi connectivity index (χ2n) is 7.15. The number of amides is 1. The molecule has 1 aromatic rings. The average Bonchev–Trinajstić information content (AvgIpc) is 2.71. The van der Waals surface area contributed by atoms with Crippen LogP contribution in [0.25, 0.3) is 0 Å². The van der Waals surface area contributed by atoms with Crippen LogP contribution >= 0.6 is 0 Å². The highest BCUT2D eigenvalue weighted by molar-refractivity contribution is 5.96. The monoisotopic (exact) mass is 302 g/mol. The fraction of sp³-hybridized carbons (Fsp3) is 0.588. The van der Waals surface area contributed by atoms with Gasteiger partial charge in [0.25, 0.3) is 0 Å². The van der Waals surface area contributed by atoms with Crippen molar-refractivity contribution < 1.29 is 14.3 Å². The normalized spacial score (nSPS) is 20.1. The van der Waals surface area contributed by atoms with Crippen LogP contribution < -0.4 is 0 Å². The molecule has 2 heterocycles. The van der Waals surface area contributed by atoms with Gasteiger partial charge in [-0.25, -0.2) is 4.79 Å². The minimum absolute atomic E-state index is 0.241. The first-order valence-corrected chi connectivity index (χ1v) is 7.77. The van der Waals surface area contributed by atoms with Gasteiger partial charge >= 0.3 is 6.09 Å². The van der Waals surface area contributed by atoms with Crippen molar-refractivity contribution in [1.29, 1.82) is 0 Å². The molecule has 1 saturated heterocycles. The zero-order chi connectivity index (χ0) is 16.0. The molecule has 0 bridgehead atoms. The topological polar surface area (TPSA) is 59.5 Å². The van der Waals surface area contributed by atoms with Crippen molar-refractivity contribution >= 4 is 11.9 Å². The third-order valence-corrected chi connectivity index (χ3v) is 4.54. The van der Waals surface area contributed by atoms with Gasteiger partial charge in [0.15, 0.2) is 0 Å². The summed E-state index contributed by atoms with van der Waals surface area (Å²) in [6, 6.07) is 3.90. The highest BCUT2D eigenvalue weighted by Gasteiger charge is 2.49. The number of hydrogen-bond acceptors (Lipinski definition) is 4. The highest BCUT2D eigenvalue weighted by atomic mass is 16.6. The number of pyridine rings is 1. The predicted octanol–water partition coefficient (Wildman–Crippen LogP) is 2.48. The molecule has 22 heavy (non-hydrogen) atoms. The van der Waals surface area contributed by atoms with Gasteiger partial charge in [0.2, 0.25) is 0 Å². The molecular formula is C17H22N2O3. The predicted molar refractivity (Wildman–Crippen MR) is 81.7 cm³/mol. The van der Waals surface area contributed by atoms with E-state index in [0.29, 0.717) is 32.4 Å². The molecule has 0 atom stereocenters. The van der Waals surface area contributed by atoms with E-state index in [1.54, 1.807) is 11.1 Å². The van der Waals surface area contributed by atoms with Crippen LogP contribution in [-0.2, 0) is 21.4 Å². The molecule has 0 radical (unpaired) electrons. The van der Waals surface area contributed by atoms with E-state index in [2.05, 4.69) is 4.98 Å². The van der Waals surface area contributed by atoms with Crippen molar-refractivity contribution in [2.45, 2.75) is 51.0 Å². The van der Waals surface area contributed by atoms with E-state index < -0.39 is 11.0 Å². The van der Waals surface area contributed by atoms with Gasteiger partial charge in [0.1, 0.15) is 11.4 Å². The average molecular weight is 302 g/mol. The lowest BCUT2D eigenvalue weighted by Crippen LogP contribution is -2.48. The molecule has 0 aromatic carbocycles. The number of aromatic nitrogens is 1. The van der Waals surface area contributed by atoms with Gasteiger partial charge < -0.3 is 9.64 Å². The second-order valence-corrected chi connectivity index (χ2v) is 7.15. The van der Waals surface area contributed by atoms with Crippen LogP contribution in [0.5, 0.6) is 0 Å². The van der Waals surface area contributed by atoms with E-state index in [1.165, 1.54) is 0 Å². The van der Waals surface area contributed by atoms with Crippen LogP contribution in [0.3, 0.4) is 0 Å². The van der Waals surface area contributed by atoms with E-state index in [4.69, 9.17) is 4.74 Å². The zero-order valence-corrected chi connectivity index (χ0v) is 13.4. The van der Waals surface area contributed by atoms with Gasteiger partial charge in [-0.15, -0.1) is 0 Å². The standard InChI is InChI=1S/C17H22N2O3/c1-16(2,3)22-15(21)19-9-6-17(7-10-19)12-5-4-8-18-13(12)11-14(17)20/h4-5,8H,6-7,9-11H2,1-3H3. The fourth-order valence-electron chi connectivity index (χ4n) is 3.43. The first-order chi connectivity index (χ1) is 10.3. The Kier molecular flexibility index (Phi) is 3.46. The van der Waals surface area contributed by atoms with E-state index in [9.17, 15) is 9.59 Å². The SMILES string of the molecule is CC(C)(C)OC(=O)N1CCC2(CC1)C(=O)Cc1ncccc12. The Hall–Kier alpha value is -1.91. The minimum atomic E-state index is -0.494. The van der Waals surface area contributed by atoms with E-state index in [0.717, 1.165) is 11.3 Å². The third-order valence-electron chi connectivity index (χ3n) is 4.54. The lowest BCUT2D eigenvalue weighted by molar-refractivity contribution is -0.124. The number of ketones is 1. The maximum Gasteiger partial charge on any atom is 0.410 e. The second kappa shape index (κ2) is 5.07. The van der Waals surface area contributed by atoms with Crippen molar-refractivity contribution in [1.82, 2.24) is 9.88 Å². The summed E-state index contributed by atoms with van der Waals surface area (Å²) >= 11 is 0. The van der Waals surface area contributed by atoms with Gasteiger partial charge in [-0.05, 0) is 45.2 Å². The summed E-state index contributed by atoms with van der Waals surface area (Å²) in [6.45, 7) is 6.68. The summed E-state index contributed by atoms with van der Waals surface area (Å²) in [5, 5.41) is 0. The van der Waals surface area contributed by atoms with Gasteiger partial charge in [-0.1, -0.05) is 6.07 Å². The van der Waals surface area contributed by atoms with E-state index in [1.807, 2.05) is 32.9 Å². The molecule has 5 nitrogen and oxygen atoms in total. The fourth-order valence-corrected chi connectivity index (χ4v) is 3.43. The number of piperidine rings is 1. The first kappa shape index (κ1) is 15.0. The maximum absolute atomic E-state index is 12.5. The molecule has 118 valence electrons. The largest absolute Gasteiger partial charge is 0.444 e. The quantitative estimate of drug-likeness (QED) is 0.738. The summed E-state index contributed by atoms with van der Waals surface area (Å²) < 4.78 is 5.41. The summed E-state index contributed by atoms with van der Waals surface area (Å²) in [5.74, 6) is 0.241. The van der Waals surface area contributed by atoms with Crippen LogP contribution in [0.2, 0.25) is 0 Å². The Balaban J connectivity index is 1.74. The Bertz CT molecular complexity index is 611. The molecule has 0 N–H and O–H groups in total. The number of rotatable bonds is 0. The molecule has 1 fully saturated rings. The van der Waals surface area contributed by atoms with Crippen molar-refractivity contribution in [3.8, 4) is 0 Å². The van der Waals surface area contributed by atoms with Crippen molar-refractivity contribution in [2.24, 2.45) is 0 Å². The number of hydrogen-bond donors (Lipinski definition) is 0. The van der Waals surface area contributed by atoms with Gasteiger partial charge in [-0.2, -0.15) is 0 Å². The van der Waals surface area contributed by atoms with Gasteiger partial charge in [-0.3, -0.25) is 9.78 Å². The molecule has 1 amide bonds.